The van der Waals surface area contributed by atoms with Crippen molar-refractivity contribution in [2.24, 2.45) is 0 Å². The first-order chi connectivity index (χ1) is 12.1. The van der Waals surface area contributed by atoms with Crippen molar-refractivity contribution in [2.45, 2.75) is 26.2 Å². The summed E-state index contributed by atoms with van der Waals surface area (Å²) in [4.78, 5) is 26.1. The lowest BCUT2D eigenvalue weighted by Crippen LogP contribution is -2.35. The number of rotatable bonds is 3. The van der Waals surface area contributed by atoms with Crippen LogP contribution in [0.15, 0.2) is 46.8 Å². The number of nitrogens with one attached hydrogen (secondary N) is 1. The van der Waals surface area contributed by atoms with Crippen LogP contribution >= 0.6 is 0 Å². The summed E-state index contributed by atoms with van der Waals surface area (Å²) in [5, 5.41) is 3.51. The minimum atomic E-state index is -0.570. The predicted octanol–water partition coefficient (Wildman–Crippen LogP) is 3.00. The number of nitrogens with zero attached hydrogens (tertiary/aromatic N) is 1. The summed E-state index contributed by atoms with van der Waals surface area (Å²) >= 11 is 0. The quantitative estimate of drug-likeness (QED) is 0.681. The van der Waals surface area contributed by atoms with E-state index in [1.807, 2.05) is 0 Å². The van der Waals surface area contributed by atoms with Crippen LogP contribution in [0.3, 0.4) is 0 Å². The van der Waals surface area contributed by atoms with E-state index in [9.17, 15) is 9.59 Å². The molecule has 4 rings (SSSR count). The number of anilines is 1. The van der Waals surface area contributed by atoms with E-state index in [2.05, 4.69) is 36.5 Å². The zero-order chi connectivity index (χ0) is 17.6. The zero-order valence-corrected chi connectivity index (χ0v) is 14.4. The van der Waals surface area contributed by atoms with Gasteiger partial charge < -0.3 is 15.0 Å². The fourth-order valence-electron chi connectivity index (χ4n) is 3.74. The van der Waals surface area contributed by atoms with E-state index in [-0.39, 0.29) is 11.5 Å². The number of amides is 1. The van der Waals surface area contributed by atoms with E-state index in [4.69, 9.17) is 4.74 Å². The molecule has 3 aliphatic heterocycles. The van der Waals surface area contributed by atoms with Crippen LogP contribution < -0.4 is 5.32 Å². The molecule has 0 saturated heterocycles. The molecule has 5 heteroatoms. The van der Waals surface area contributed by atoms with Gasteiger partial charge in [0.15, 0.2) is 0 Å². The first-order valence-electron chi connectivity index (χ1n) is 8.57. The summed E-state index contributed by atoms with van der Waals surface area (Å²) in [5.41, 5.74) is 6.74. The minimum absolute atomic E-state index is 0.121. The lowest BCUT2D eigenvalue weighted by Gasteiger charge is -2.24. The average molecular weight is 336 g/mol. The number of aryl methyl sites for hydroxylation is 1. The average Bonchev–Trinajstić information content (AvgIpc) is 2.99. The van der Waals surface area contributed by atoms with E-state index in [0.717, 1.165) is 35.5 Å². The molecule has 0 bridgehead atoms. The van der Waals surface area contributed by atoms with Gasteiger partial charge in [-0.3, -0.25) is 4.79 Å². The first-order valence-corrected chi connectivity index (χ1v) is 8.57. The number of allylic oxidation sites excluding steroid dienone is 1. The number of carbonyl (C=O) groups excluding carboxylic acids is 2. The SMILES string of the molecule is CCCc1cccc2c1C=C1CN3C(=O)C(C(=O)OC)=CCC3=C1N2. The van der Waals surface area contributed by atoms with Gasteiger partial charge in [-0.15, -0.1) is 0 Å². The Morgan fingerprint density at radius 3 is 2.96 bits per heavy atom. The highest BCUT2D eigenvalue weighted by Crippen LogP contribution is 2.41. The second kappa shape index (κ2) is 5.92. The van der Waals surface area contributed by atoms with E-state index < -0.39 is 5.97 Å². The number of carbonyl (C=O) groups is 2. The van der Waals surface area contributed by atoms with Crippen LogP contribution in [0.1, 0.15) is 30.9 Å². The maximum Gasteiger partial charge on any atom is 0.343 e. The molecule has 1 aromatic carbocycles. The van der Waals surface area contributed by atoms with Gasteiger partial charge in [-0.1, -0.05) is 31.6 Å². The van der Waals surface area contributed by atoms with Crippen LogP contribution in [0.25, 0.3) is 6.08 Å². The highest BCUT2D eigenvalue weighted by Gasteiger charge is 2.38. The Labute approximate surface area is 146 Å². The maximum atomic E-state index is 12.7. The molecule has 0 fully saturated rings. The fraction of sp³-hybridized carbons (Fsp3) is 0.300. The molecule has 1 N–H and O–H groups in total. The monoisotopic (exact) mass is 336 g/mol. The number of fused-ring (bicyclic) bond motifs is 3. The Balaban J connectivity index is 1.73. The van der Waals surface area contributed by atoms with E-state index in [1.165, 1.54) is 18.2 Å². The largest absolute Gasteiger partial charge is 0.465 e. The molecule has 0 unspecified atom stereocenters. The van der Waals surface area contributed by atoms with Gasteiger partial charge in [0, 0.05) is 23.4 Å². The topological polar surface area (TPSA) is 58.6 Å². The molecule has 1 aromatic rings. The van der Waals surface area contributed by atoms with Gasteiger partial charge >= 0.3 is 5.97 Å². The molecule has 1 amide bonds. The van der Waals surface area contributed by atoms with Gasteiger partial charge in [-0.05, 0) is 29.7 Å². The minimum Gasteiger partial charge on any atom is -0.465 e. The third-order valence-corrected chi connectivity index (χ3v) is 4.94. The summed E-state index contributed by atoms with van der Waals surface area (Å²) < 4.78 is 4.72. The number of hydrogen-bond acceptors (Lipinski definition) is 4. The predicted molar refractivity (Wildman–Crippen MR) is 95.5 cm³/mol. The van der Waals surface area contributed by atoms with Crippen LogP contribution in [0, 0.1) is 0 Å². The van der Waals surface area contributed by atoms with Gasteiger partial charge in [0.1, 0.15) is 5.57 Å². The lowest BCUT2D eigenvalue weighted by molar-refractivity contribution is -0.139. The third kappa shape index (κ3) is 2.38. The van der Waals surface area contributed by atoms with Crippen LogP contribution in [0.4, 0.5) is 5.69 Å². The second-order valence-corrected chi connectivity index (χ2v) is 6.45. The van der Waals surface area contributed by atoms with Crippen LogP contribution in [0.5, 0.6) is 0 Å². The number of methoxy groups -OCH3 is 1. The van der Waals surface area contributed by atoms with Crippen molar-refractivity contribution in [3.8, 4) is 0 Å². The van der Waals surface area contributed by atoms with Crippen LogP contribution in [-0.2, 0) is 20.7 Å². The highest BCUT2D eigenvalue weighted by molar-refractivity contribution is 6.17. The Bertz CT molecular complexity index is 877. The molecule has 128 valence electrons. The molecule has 5 nitrogen and oxygen atoms in total. The second-order valence-electron chi connectivity index (χ2n) is 6.45. The van der Waals surface area contributed by atoms with Crippen molar-refractivity contribution in [2.75, 3.05) is 19.0 Å². The number of esters is 1. The zero-order valence-electron chi connectivity index (χ0n) is 14.4. The van der Waals surface area contributed by atoms with Crippen molar-refractivity contribution in [1.29, 1.82) is 0 Å². The Kier molecular flexibility index (Phi) is 3.71. The summed E-state index contributed by atoms with van der Waals surface area (Å²) in [7, 11) is 1.30. The van der Waals surface area contributed by atoms with Gasteiger partial charge in [0.2, 0.25) is 0 Å². The molecule has 3 aliphatic rings. The summed E-state index contributed by atoms with van der Waals surface area (Å²) in [6, 6.07) is 6.29. The molecule has 0 spiro atoms. The first kappa shape index (κ1) is 15.7. The molecule has 0 aromatic heterocycles. The van der Waals surface area contributed by atoms with Gasteiger partial charge in [0.25, 0.3) is 5.91 Å². The summed E-state index contributed by atoms with van der Waals surface area (Å²) in [5.74, 6) is -0.852. The molecule has 0 radical (unpaired) electrons. The highest BCUT2D eigenvalue weighted by atomic mass is 16.5. The molecule has 0 atom stereocenters. The Morgan fingerprint density at radius 1 is 1.36 bits per heavy atom. The van der Waals surface area contributed by atoms with Crippen molar-refractivity contribution in [3.63, 3.8) is 0 Å². The maximum absolute atomic E-state index is 12.7. The van der Waals surface area contributed by atoms with E-state index in [1.54, 1.807) is 11.0 Å². The molecule has 0 aliphatic carbocycles. The normalized spacial score (nSPS) is 18.0. The van der Waals surface area contributed by atoms with Gasteiger partial charge in [-0.2, -0.15) is 0 Å². The van der Waals surface area contributed by atoms with Crippen molar-refractivity contribution in [3.05, 3.63) is 57.9 Å². The number of hydrogen-bond donors (Lipinski definition) is 1. The fourth-order valence-corrected chi connectivity index (χ4v) is 3.74. The van der Waals surface area contributed by atoms with Crippen molar-refractivity contribution in [1.82, 2.24) is 4.90 Å². The summed E-state index contributed by atoms with van der Waals surface area (Å²) in [6.07, 6.45) is 6.50. The molecule has 3 heterocycles. The van der Waals surface area contributed by atoms with Gasteiger partial charge in [-0.25, -0.2) is 4.79 Å². The van der Waals surface area contributed by atoms with E-state index >= 15 is 0 Å². The van der Waals surface area contributed by atoms with Crippen molar-refractivity contribution >= 4 is 23.6 Å². The van der Waals surface area contributed by atoms with Crippen molar-refractivity contribution < 1.29 is 14.3 Å². The summed E-state index contributed by atoms with van der Waals surface area (Å²) in [6.45, 7) is 2.66. The molecular weight excluding hydrogens is 316 g/mol. The smallest absolute Gasteiger partial charge is 0.343 e. The third-order valence-electron chi connectivity index (χ3n) is 4.94. The number of ether oxygens (including phenoxy) is 1. The molecular formula is C20H20N2O3. The lowest BCUT2D eigenvalue weighted by atomic mass is 9.95. The van der Waals surface area contributed by atoms with Gasteiger partial charge in [0.05, 0.1) is 19.4 Å². The number of benzene rings is 1. The van der Waals surface area contributed by atoms with E-state index in [0.29, 0.717) is 13.0 Å². The van der Waals surface area contributed by atoms with Crippen LogP contribution in [-0.4, -0.2) is 30.4 Å². The van der Waals surface area contributed by atoms with Crippen LogP contribution in [0.2, 0.25) is 0 Å². The Morgan fingerprint density at radius 2 is 2.20 bits per heavy atom. The molecule has 0 saturated carbocycles. The standard InChI is InChI=1S/C20H20N2O3/c1-3-5-12-6-4-7-16-15(12)10-13-11-22-17(18(13)21-16)9-8-14(19(22)23)20(24)25-2/h4,6-8,10,21H,3,5,9,11H2,1-2H3. The Hall–Kier alpha value is -2.82. The molecule has 25 heavy (non-hydrogen) atoms.